The lowest BCUT2D eigenvalue weighted by Gasteiger charge is -2.39. The number of ether oxygens (including phenoxy) is 2. The second-order valence-electron chi connectivity index (χ2n) is 15.8. The first-order valence-corrected chi connectivity index (χ1v) is 20.8. The number of amidine groups is 2. The molecular weight excluding hydrogens is 769 g/mol. The summed E-state index contributed by atoms with van der Waals surface area (Å²) in [6.45, 7) is 2.20. The molecule has 0 saturated heterocycles. The standard InChI is InChI=1S/C53H36N6O3/c1-32-15-13-23-41-50(32)62-47-27-12-8-22-40(47)59(41)43-30-42(58-38-20-6-10-25-45(38)61-46-26-11-7-21-39(46)58)34(31-54)29-37(43)53-56-51(33-16-3-2-4-17-33)55-52(57-53)36-19-14-28-48-49(36)35-18-5-9-24-44(35)60-48/h2-14,16-30,32,52H,15H2,1H3,(H,55,56,57)/p+1. The van der Waals surface area contributed by atoms with Crippen LogP contribution in [0.25, 0.3) is 21.9 Å². The molecule has 2 unspecified atom stereocenters. The number of hydrogen-bond acceptors (Lipinski definition) is 8. The minimum Gasteiger partial charge on any atom is -0.457 e. The summed E-state index contributed by atoms with van der Waals surface area (Å²) >= 11 is 0. The van der Waals surface area contributed by atoms with Crippen molar-refractivity contribution in [3.63, 3.8) is 0 Å². The molecule has 9 nitrogen and oxygen atoms in total. The number of aliphatic imine (C=N–C) groups is 2. The maximum Gasteiger partial charge on any atom is 0.237 e. The zero-order chi connectivity index (χ0) is 41.3. The first-order chi connectivity index (χ1) is 30.6. The molecule has 4 heterocycles. The van der Waals surface area contributed by atoms with E-state index in [0.717, 1.165) is 85.0 Å². The van der Waals surface area contributed by atoms with Crippen LogP contribution in [0, 0.1) is 17.2 Å². The summed E-state index contributed by atoms with van der Waals surface area (Å²) in [4.78, 5) is 15.2. The molecule has 4 aliphatic rings. The molecule has 8 aromatic rings. The Morgan fingerprint density at radius 2 is 1.32 bits per heavy atom. The topological polar surface area (TPSA) is 103 Å². The average Bonchev–Trinajstić information content (AvgIpc) is 3.72. The van der Waals surface area contributed by atoms with Gasteiger partial charge in [0.1, 0.15) is 23.0 Å². The van der Waals surface area contributed by atoms with Crippen molar-refractivity contribution >= 4 is 62.0 Å². The number of nitriles is 1. The number of para-hydroxylation sites is 7. The summed E-state index contributed by atoms with van der Waals surface area (Å²) in [6.07, 6.45) is 4.78. The predicted molar refractivity (Wildman–Crippen MR) is 243 cm³/mol. The molecule has 12 rings (SSSR count). The van der Waals surface area contributed by atoms with Gasteiger partial charge in [-0.25, -0.2) is 4.99 Å². The molecule has 0 spiro atoms. The molecule has 0 saturated carbocycles. The third kappa shape index (κ3) is 5.65. The molecule has 2 N–H and O–H groups in total. The van der Waals surface area contributed by atoms with Gasteiger partial charge >= 0.3 is 0 Å². The van der Waals surface area contributed by atoms with Crippen LogP contribution in [0.5, 0.6) is 17.2 Å². The molecule has 1 aromatic heterocycles. The normalized spacial score (nSPS) is 17.5. The highest BCUT2D eigenvalue weighted by Gasteiger charge is 2.38. The van der Waals surface area contributed by atoms with Gasteiger partial charge in [-0.15, -0.1) is 0 Å². The SMILES string of the molecule is CC1CC=CC2=C1Oc1ccccc1N2c1cc(N2c3ccccc3Oc3ccccc32)c(C#N)cc1C1=NC(c2ccccc2)=NC(c2cccc3oc4ccccc4c23)[NH2+]1. The molecule has 0 bridgehead atoms. The first kappa shape index (κ1) is 35.7. The molecule has 62 heavy (non-hydrogen) atoms. The second-order valence-corrected chi connectivity index (χ2v) is 15.8. The number of rotatable bonds is 5. The molecular formula is C53H37N6O3+. The van der Waals surface area contributed by atoms with Crippen molar-refractivity contribution in [1.29, 1.82) is 5.26 Å². The van der Waals surface area contributed by atoms with E-state index in [9.17, 15) is 5.26 Å². The Balaban J connectivity index is 1.14. The second kappa shape index (κ2) is 14.2. The number of nitrogens with two attached hydrogens (primary N) is 1. The van der Waals surface area contributed by atoms with Crippen LogP contribution in [-0.4, -0.2) is 11.7 Å². The third-order valence-electron chi connectivity index (χ3n) is 12.0. The maximum atomic E-state index is 11.3. The zero-order valence-electron chi connectivity index (χ0n) is 33.6. The maximum absolute atomic E-state index is 11.3. The number of hydrogen-bond donors (Lipinski definition) is 1. The Morgan fingerprint density at radius 1 is 0.661 bits per heavy atom. The van der Waals surface area contributed by atoms with E-state index in [1.54, 1.807) is 0 Å². The Labute approximate surface area is 357 Å². The van der Waals surface area contributed by atoms with Crippen LogP contribution < -0.4 is 24.6 Å². The van der Waals surface area contributed by atoms with E-state index < -0.39 is 6.17 Å². The van der Waals surface area contributed by atoms with Crippen LogP contribution in [0.2, 0.25) is 0 Å². The van der Waals surface area contributed by atoms with E-state index in [4.69, 9.17) is 23.9 Å². The van der Waals surface area contributed by atoms with Crippen LogP contribution in [0.4, 0.5) is 28.4 Å². The van der Waals surface area contributed by atoms with E-state index in [2.05, 4.69) is 64.5 Å². The lowest BCUT2D eigenvalue weighted by atomic mass is 9.94. The highest BCUT2D eigenvalue weighted by atomic mass is 16.5. The van der Waals surface area contributed by atoms with Crippen molar-refractivity contribution in [3.05, 3.63) is 204 Å². The van der Waals surface area contributed by atoms with Crippen molar-refractivity contribution in [1.82, 2.24) is 0 Å². The number of quaternary nitrogens is 1. The summed E-state index contributed by atoms with van der Waals surface area (Å²) in [5, 5.41) is 15.4. The fourth-order valence-electron chi connectivity index (χ4n) is 9.19. The molecule has 7 aromatic carbocycles. The van der Waals surface area contributed by atoms with E-state index in [1.165, 1.54) is 0 Å². The van der Waals surface area contributed by atoms with Crippen LogP contribution in [0.15, 0.2) is 196 Å². The molecule has 296 valence electrons. The van der Waals surface area contributed by atoms with Gasteiger partial charge in [0.15, 0.2) is 23.1 Å². The summed E-state index contributed by atoms with van der Waals surface area (Å²) < 4.78 is 19.5. The quantitative estimate of drug-likeness (QED) is 0.186. The molecule has 0 amide bonds. The smallest absolute Gasteiger partial charge is 0.237 e. The Morgan fingerprint density at radius 3 is 2.08 bits per heavy atom. The van der Waals surface area contributed by atoms with E-state index in [-0.39, 0.29) is 5.92 Å². The average molecular weight is 806 g/mol. The van der Waals surface area contributed by atoms with E-state index >= 15 is 0 Å². The highest BCUT2D eigenvalue weighted by molar-refractivity contribution is 6.13. The van der Waals surface area contributed by atoms with Gasteiger partial charge in [0, 0.05) is 27.8 Å². The van der Waals surface area contributed by atoms with Crippen molar-refractivity contribution in [3.8, 4) is 23.3 Å². The van der Waals surface area contributed by atoms with E-state index in [0.29, 0.717) is 34.4 Å². The monoisotopic (exact) mass is 805 g/mol. The molecule has 1 aliphatic carbocycles. The lowest BCUT2D eigenvalue weighted by molar-refractivity contribution is -0.586. The predicted octanol–water partition coefficient (Wildman–Crippen LogP) is 11.8. The van der Waals surface area contributed by atoms with Crippen LogP contribution in [0.1, 0.15) is 41.8 Å². The van der Waals surface area contributed by atoms with Crippen molar-refractivity contribution in [2.75, 3.05) is 9.80 Å². The summed E-state index contributed by atoms with van der Waals surface area (Å²) in [6, 6.07) is 55.2. The van der Waals surface area contributed by atoms with Gasteiger partial charge in [-0.1, -0.05) is 110 Å². The number of furan rings is 1. The minimum absolute atomic E-state index is 0.134. The highest BCUT2D eigenvalue weighted by Crippen LogP contribution is 2.53. The van der Waals surface area contributed by atoms with Gasteiger partial charge in [-0.2, -0.15) is 10.3 Å². The van der Waals surface area contributed by atoms with E-state index in [1.807, 2.05) is 133 Å². The zero-order valence-corrected chi connectivity index (χ0v) is 33.6. The Hall–Kier alpha value is -8.19. The molecule has 9 heteroatoms. The number of fused-ring (bicyclic) bond motifs is 6. The van der Waals surface area contributed by atoms with Gasteiger partial charge in [-0.3, -0.25) is 5.32 Å². The Bertz CT molecular complexity index is 3270. The molecule has 0 fully saturated rings. The van der Waals surface area contributed by atoms with Gasteiger partial charge in [-0.05, 0) is 73.2 Å². The fourth-order valence-corrected chi connectivity index (χ4v) is 9.19. The fraction of sp³-hybridized carbons (Fsp3) is 0.0755. The number of allylic oxidation sites excluding steroid dienone is 3. The van der Waals surface area contributed by atoms with Gasteiger partial charge in [0.2, 0.25) is 12.0 Å². The summed E-state index contributed by atoms with van der Waals surface area (Å²) in [5.41, 5.74) is 9.74. The number of benzene rings is 7. The van der Waals surface area contributed by atoms with Crippen molar-refractivity contribution in [2.24, 2.45) is 15.9 Å². The lowest BCUT2D eigenvalue weighted by Crippen LogP contribution is -2.90. The van der Waals surface area contributed by atoms with Gasteiger partial charge in [0.25, 0.3) is 0 Å². The minimum atomic E-state index is -0.445. The Kier molecular flexibility index (Phi) is 8.20. The van der Waals surface area contributed by atoms with Crippen LogP contribution in [0.3, 0.4) is 0 Å². The van der Waals surface area contributed by atoms with Crippen molar-refractivity contribution < 1.29 is 19.2 Å². The number of nitrogens with zero attached hydrogens (tertiary/aromatic N) is 5. The van der Waals surface area contributed by atoms with Crippen LogP contribution >= 0.6 is 0 Å². The molecule has 3 aliphatic heterocycles. The molecule has 0 radical (unpaired) electrons. The summed E-state index contributed by atoms with van der Waals surface area (Å²) in [7, 11) is 0. The van der Waals surface area contributed by atoms with Gasteiger partial charge < -0.3 is 23.7 Å². The molecule has 2 atom stereocenters. The first-order valence-electron chi connectivity index (χ1n) is 20.8. The summed E-state index contributed by atoms with van der Waals surface area (Å²) in [5.74, 6) is 4.46. The van der Waals surface area contributed by atoms with Crippen LogP contribution in [-0.2, 0) is 0 Å². The van der Waals surface area contributed by atoms with Crippen molar-refractivity contribution in [2.45, 2.75) is 19.5 Å². The number of anilines is 5. The third-order valence-corrected chi connectivity index (χ3v) is 12.0. The largest absolute Gasteiger partial charge is 0.457 e. The van der Waals surface area contributed by atoms with Gasteiger partial charge in [0.05, 0.1) is 45.3 Å².